The molecule has 4 aromatic rings. The van der Waals surface area contributed by atoms with Gasteiger partial charge in [0, 0.05) is 0 Å². The fourth-order valence-electron chi connectivity index (χ4n) is 3.32. The molecule has 0 aromatic heterocycles. The molecule has 4 rings (SSSR count). The molecule has 0 atom stereocenters. The second kappa shape index (κ2) is 11.5. The first-order valence-electron chi connectivity index (χ1n) is 10.4. The van der Waals surface area contributed by atoms with E-state index in [9.17, 15) is 18.4 Å². The highest BCUT2D eigenvalue weighted by molar-refractivity contribution is 5.72. The van der Waals surface area contributed by atoms with Gasteiger partial charge in [-0.2, -0.15) is 0 Å². The normalized spacial score (nSPS) is 10.2. The van der Waals surface area contributed by atoms with Crippen LogP contribution in [0.2, 0.25) is 0 Å². The molecule has 0 aliphatic heterocycles. The van der Waals surface area contributed by atoms with Crippen LogP contribution in [-0.4, -0.2) is 22.2 Å². The summed E-state index contributed by atoms with van der Waals surface area (Å²) in [5, 5.41) is 17.3. The average molecular weight is 460 g/mol. The third-order valence-electron chi connectivity index (χ3n) is 4.93. The van der Waals surface area contributed by atoms with Gasteiger partial charge in [0.05, 0.1) is 12.8 Å². The van der Waals surface area contributed by atoms with Crippen molar-refractivity contribution >= 4 is 11.9 Å². The summed E-state index contributed by atoms with van der Waals surface area (Å²) in [5.41, 5.74) is 4.78. The lowest BCUT2D eigenvalue weighted by Crippen LogP contribution is -1.99. The molecule has 4 nitrogen and oxygen atoms in total. The lowest BCUT2D eigenvalue weighted by atomic mass is 10.0. The summed E-state index contributed by atoms with van der Waals surface area (Å²) in [6.45, 7) is 0. The standard InChI is InChI=1S/2C14H11FO2/c2*15-13-3-1-2-12(9-13)11-6-4-10(5-7-11)8-14(16)17/h2*1-7,9H,8H2,(H,16,17). The Labute approximate surface area is 195 Å². The maximum absolute atomic E-state index is 13.0. The fraction of sp³-hybridized carbons (Fsp3) is 0.0714. The summed E-state index contributed by atoms with van der Waals surface area (Å²) in [7, 11) is 0. The molecule has 0 bridgehead atoms. The molecule has 0 aliphatic rings. The third kappa shape index (κ3) is 7.38. The molecule has 0 aliphatic carbocycles. The van der Waals surface area contributed by atoms with Crippen molar-refractivity contribution in [3.63, 3.8) is 0 Å². The second-order valence-corrected chi connectivity index (χ2v) is 7.56. The first-order valence-corrected chi connectivity index (χ1v) is 10.4. The van der Waals surface area contributed by atoms with E-state index < -0.39 is 11.9 Å². The molecule has 6 heteroatoms. The molecule has 4 aromatic carbocycles. The third-order valence-corrected chi connectivity index (χ3v) is 4.93. The quantitative estimate of drug-likeness (QED) is 0.357. The van der Waals surface area contributed by atoms with Crippen LogP contribution in [0.3, 0.4) is 0 Å². The molecule has 0 unspecified atom stereocenters. The number of aliphatic carboxylic acids is 2. The van der Waals surface area contributed by atoms with E-state index in [4.69, 9.17) is 10.2 Å². The number of carboxylic acid groups (broad SMARTS) is 2. The van der Waals surface area contributed by atoms with Gasteiger partial charge in [0.1, 0.15) is 11.6 Å². The molecule has 34 heavy (non-hydrogen) atoms. The van der Waals surface area contributed by atoms with Crippen molar-refractivity contribution in [2.75, 3.05) is 0 Å². The van der Waals surface area contributed by atoms with Crippen molar-refractivity contribution in [3.8, 4) is 22.3 Å². The predicted octanol–water partition coefficient (Wildman–Crippen LogP) is 6.24. The molecule has 0 radical (unpaired) electrons. The number of benzene rings is 4. The van der Waals surface area contributed by atoms with Gasteiger partial charge in [0.15, 0.2) is 0 Å². The number of hydrogen-bond donors (Lipinski definition) is 2. The van der Waals surface area contributed by atoms with E-state index in [1.165, 1.54) is 24.3 Å². The maximum Gasteiger partial charge on any atom is 0.307 e. The maximum atomic E-state index is 13.0. The van der Waals surface area contributed by atoms with E-state index in [-0.39, 0.29) is 24.5 Å². The minimum atomic E-state index is -0.858. The van der Waals surface area contributed by atoms with E-state index >= 15 is 0 Å². The van der Waals surface area contributed by atoms with Gasteiger partial charge in [-0.3, -0.25) is 9.59 Å². The SMILES string of the molecule is O=C(O)Cc1ccc(-c2cccc(F)c2)cc1.O=C(O)Cc1ccc(-c2cccc(F)c2)cc1. The first-order chi connectivity index (χ1) is 16.3. The van der Waals surface area contributed by atoms with E-state index in [1.807, 2.05) is 12.1 Å². The minimum absolute atomic E-state index is 0.00340. The van der Waals surface area contributed by atoms with Crippen molar-refractivity contribution in [1.29, 1.82) is 0 Å². The van der Waals surface area contributed by atoms with Gasteiger partial charge in [0.2, 0.25) is 0 Å². The van der Waals surface area contributed by atoms with Crippen LogP contribution in [0, 0.1) is 11.6 Å². The minimum Gasteiger partial charge on any atom is -0.481 e. The highest BCUT2D eigenvalue weighted by Gasteiger charge is 2.03. The average Bonchev–Trinajstić information content (AvgIpc) is 2.80. The Kier molecular flexibility index (Phi) is 8.24. The zero-order valence-corrected chi connectivity index (χ0v) is 18.1. The zero-order chi connectivity index (χ0) is 24.5. The molecule has 0 saturated heterocycles. The van der Waals surface area contributed by atoms with Crippen LogP contribution in [0.15, 0.2) is 97.1 Å². The van der Waals surface area contributed by atoms with Crippen molar-refractivity contribution in [3.05, 3.63) is 120 Å². The number of rotatable bonds is 6. The highest BCUT2D eigenvalue weighted by atomic mass is 19.1. The van der Waals surface area contributed by atoms with Crippen LogP contribution in [0.25, 0.3) is 22.3 Å². The van der Waals surface area contributed by atoms with Gasteiger partial charge in [-0.1, -0.05) is 72.8 Å². The smallest absolute Gasteiger partial charge is 0.307 e. The molecular weight excluding hydrogens is 438 g/mol. The summed E-state index contributed by atoms with van der Waals surface area (Å²) in [6, 6.07) is 26.8. The van der Waals surface area contributed by atoms with Crippen LogP contribution in [-0.2, 0) is 22.4 Å². The molecule has 0 heterocycles. The van der Waals surface area contributed by atoms with E-state index in [0.717, 1.165) is 33.4 Å². The number of halogens is 2. The lowest BCUT2D eigenvalue weighted by molar-refractivity contribution is -0.137. The molecule has 0 amide bonds. The molecule has 0 spiro atoms. The van der Waals surface area contributed by atoms with Gasteiger partial charge < -0.3 is 10.2 Å². The van der Waals surface area contributed by atoms with E-state index in [2.05, 4.69) is 0 Å². The second-order valence-electron chi connectivity index (χ2n) is 7.56. The zero-order valence-electron chi connectivity index (χ0n) is 18.1. The van der Waals surface area contributed by atoms with Crippen LogP contribution in [0.5, 0.6) is 0 Å². The first kappa shape index (κ1) is 24.3. The van der Waals surface area contributed by atoms with Gasteiger partial charge in [-0.15, -0.1) is 0 Å². The summed E-state index contributed by atoms with van der Waals surface area (Å²) in [5.74, 6) is -2.28. The van der Waals surface area contributed by atoms with Gasteiger partial charge >= 0.3 is 11.9 Å². The molecule has 2 N–H and O–H groups in total. The van der Waals surface area contributed by atoms with Crippen LogP contribution in [0.4, 0.5) is 8.78 Å². The van der Waals surface area contributed by atoms with Gasteiger partial charge in [-0.05, 0) is 57.6 Å². The monoisotopic (exact) mass is 460 g/mol. The number of hydrogen-bond acceptors (Lipinski definition) is 2. The highest BCUT2D eigenvalue weighted by Crippen LogP contribution is 2.21. The molecule has 0 fully saturated rings. The lowest BCUT2D eigenvalue weighted by Gasteiger charge is -2.03. The summed E-state index contributed by atoms with van der Waals surface area (Å²) in [6.07, 6.45) is 0.00681. The number of carboxylic acids is 2. The Hall–Kier alpha value is -4.32. The summed E-state index contributed by atoms with van der Waals surface area (Å²) < 4.78 is 26.1. The van der Waals surface area contributed by atoms with Gasteiger partial charge in [-0.25, -0.2) is 8.78 Å². The largest absolute Gasteiger partial charge is 0.481 e. The Bertz CT molecular complexity index is 1170. The van der Waals surface area contributed by atoms with Gasteiger partial charge in [0.25, 0.3) is 0 Å². The topological polar surface area (TPSA) is 74.6 Å². The van der Waals surface area contributed by atoms with E-state index in [0.29, 0.717) is 0 Å². The molecular formula is C28H22F2O4. The fourth-order valence-corrected chi connectivity index (χ4v) is 3.32. The Morgan fingerprint density at radius 2 is 0.882 bits per heavy atom. The predicted molar refractivity (Wildman–Crippen MR) is 126 cm³/mol. The Morgan fingerprint density at radius 1 is 0.529 bits per heavy atom. The van der Waals surface area contributed by atoms with E-state index in [1.54, 1.807) is 60.7 Å². The number of carbonyl (C=O) groups is 2. The van der Waals surface area contributed by atoms with Crippen LogP contribution in [0.1, 0.15) is 11.1 Å². The Morgan fingerprint density at radius 3 is 1.18 bits per heavy atom. The molecule has 0 saturated carbocycles. The van der Waals surface area contributed by atoms with Crippen molar-refractivity contribution in [2.45, 2.75) is 12.8 Å². The Balaban J connectivity index is 0.000000191. The summed E-state index contributed by atoms with van der Waals surface area (Å²) >= 11 is 0. The summed E-state index contributed by atoms with van der Waals surface area (Å²) in [4.78, 5) is 21.0. The van der Waals surface area contributed by atoms with Crippen LogP contribution >= 0.6 is 0 Å². The van der Waals surface area contributed by atoms with Crippen LogP contribution < -0.4 is 0 Å². The molecule has 172 valence electrons. The van der Waals surface area contributed by atoms with Crippen molar-refractivity contribution < 1.29 is 28.6 Å². The van der Waals surface area contributed by atoms with Crippen molar-refractivity contribution in [2.24, 2.45) is 0 Å². The van der Waals surface area contributed by atoms with Crippen molar-refractivity contribution in [1.82, 2.24) is 0 Å².